The summed E-state index contributed by atoms with van der Waals surface area (Å²) < 4.78 is 5.43. The molecule has 3 rings (SSSR count). The highest BCUT2D eigenvalue weighted by molar-refractivity contribution is 5.04. The van der Waals surface area contributed by atoms with Crippen molar-refractivity contribution in [2.45, 2.75) is 31.6 Å². The molecule has 1 aromatic rings. The molecule has 4 nitrogen and oxygen atoms in total. The highest BCUT2D eigenvalue weighted by Gasteiger charge is 2.24. The van der Waals surface area contributed by atoms with Crippen molar-refractivity contribution >= 4 is 0 Å². The van der Waals surface area contributed by atoms with Crippen LogP contribution in [0.4, 0.5) is 0 Å². The van der Waals surface area contributed by atoms with Crippen LogP contribution in [0.3, 0.4) is 0 Å². The number of piperidine rings is 1. The second-order valence-electron chi connectivity index (χ2n) is 5.76. The molecule has 0 aromatic carbocycles. The van der Waals surface area contributed by atoms with E-state index in [0.717, 1.165) is 19.1 Å². The molecule has 2 aliphatic heterocycles. The zero-order valence-corrected chi connectivity index (χ0v) is 11.5. The molecule has 4 heteroatoms. The molecular weight excluding hydrogens is 238 g/mol. The van der Waals surface area contributed by atoms with Gasteiger partial charge in [-0.3, -0.25) is 9.97 Å². The number of ether oxygens (including phenoxy) is 1. The van der Waals surface area contributed by atoms with Crippen LogP contribution in [0.1, 0.15) is 37.3 Å². The van der Waals surface area contributed by atoms with Crippen LogP contribution in [0, 0.1) is 5.92 Å². The van der Waals surface area contributed by atoms with Crippen LogP contribution >= 0.6 is 0 Å². The summed E-state index contributed by atoms with van der Waals surface area (Å²) in [5.74, 6) is 1.46. The summed E-state index contributed by atoms with van der Waals surface area (Å²) in [4.78, 5) is 11.3. The maximum absolute atomic E-state index is 5.43. The van der Waals surface area contributed by atoms with Gasteiger partial charge in [-0.25, -0.2) is 0 Å². The molecule has 0 bridgehead atoms. The summed E-state index contributed by atoms with van der Waals surface area (Å²) in [6.45, 7) is 5.59. The van der Waals surface area contributed by atoms with E-state index in [-0.39, 0.29) is 0 Å². The molecule has 0 atom stereocenters. The standard InChI is InChI=1S/C15H23N3O/c1-7-18(12-13-3-9-19-10-4-13)8-2-14(1)15-11-16-5-6-17-15/h5-6,11,13-14H,1-4,7-10,12H2. The van der Waals surface area contributed by atoms with Crippen LogP contribution in [-0.2, 0) is 4.74 Å². The lowest BCUT2D eigenvalue weighted by atomic mass is 9.92. The first-order valence-corrected chi connectivity index (χ1v) is 7.48. The fourth-order valence-corrected chi connectivity index (χ4v) is 3.23. The molecule has 1 aromatic heterocycles. The molecule has 0 aliphatic carbocycles. The summed E-state index contributed by atoms with van der Waals surface area (Å²) in [7, 11) is 0. The average molecular weight is 261 g/mol. The van der Waals surface area contributed by atoms with Gasteiger partial charge in [0.1, 0.15) is 0 Å². The Morgan fingerprint density at radius 3 is 2.58 bits per heavy atom. The van der Waals surface area contributed by atoms with Crippen molar-refractivity contribution in [3.05, 3.63) is 24.3 Å². The van der Waals surface area contributed by atoms with Crippen molar-refractivity contribution in [1.82, 2.24) is 14.9 Å². The van der Waals surface area contributed by atoms with Gasteiger partial charge in [-0.1, -0.05) is 0 Å². The van der Waals surface area contributed by atoms with E-state index in [2.05, 4.69) is 14.9 Å². The van der Waals surface area contributed by atoms with E-state index in [1.807, 2.05) is 12.4 Å². The van der Waals surface area contributed by atoms with E-state index >= 15 is 0 Å². The minimum absolute atomic E-state index is 0.611. The molecule has 2 saturated heterocycles. The van der Waals surface area contributed by atoms with Crippen molar-refractivity contribution in [2.24, 2.45) is 5.92 Å². The van der Waals surface area contributed by atoms with Gasteiger partial charge in [0, 0.05) is 44.3 Å². The monoisotopic (exact) mass is 261 g/mol. The third-order valence-corrected chi connectivity index (χ3v) is 4.45. The van der Waals surface area contributed by atoms with Crippen LogP contribution in [0.25, 0.3) is 0 Å². The van der Waals surface area contributed by atoms with Gasteiger partial charge in [0.25, 0.3) is 0 Å². The molecule has 0 amide bonds. The van der Waals surface area contributed by atoms with Crippen LogP contribution in [-0.4, -0.2) is 47.7 Å². The highest BCUT2D eigenvalue weighted by Crippen LogP contribution is 2.27. The second kappa shape index (κ2) is 6.44. The highest BCUT2D eigenvalue weighted by atomic mass is 16.5. The minimum atomic E-state index is 0.611. The molecule has 2 aliphatic rings. The zero-order valence-electron chi connectivity index (χ0n) is 11.5. The van der Waals surface area contributed by atoms with E-state index in [1.165, 1.54) is 51.0 Å². The summed E-state index contributed by atoms with van der Waals surface area (Å²) in [6, 6.07) is 0. The van der Waals surface area contributed by atoms with Crippen LogP contribution in [0.15, 0.2) is 18.6 Å². The second-order valence-corrected chi connectivity index (χ2v) is 5.76. The van der Waals surface area contributed by atoms with Gasteiger partial charge in [0.15, 0.2) is 0 Å². The smallest absolute Gasteiger partial charge is 0.0618 e. The van der Waals surface area contributed by atoms with Crippen molar-refractivity contribution in [3.8, 4) is 0 Å². The lowest BCUT2D eigenvalue weighted by Gasteiger charge is -2.35. The minimum Gasteiger partial charge on any atom is -0.381 e. The summed E-state index contributed by atoms with van der Waals surface area (Å²) in [5.41, 5.74) is 1.17. The molecule has 19 heavy (non-hydrogen) atoms. The lowest BCUT2D eigenvalue weighted by molar-refractivity contribution is 0.0487. The van der Waals surface area contributed by atoms with Gasteiger partial charge in [-0.2, -0.15) is 0 Å². The molecule has 0 spiro atoms. The Morgan fingerprint density at radius 1 is 1.11 bits per heavy atom. The van der Waals surface area contributed by atoms with E-state index in [9.17, 15) is 0 Å². The Hall–Kier alpha value is -1.00. The maximum atomic E-state index is 5.43. The van der Waals surface area contributed by atoms with Gasteiger partial charge >= 0.3 is 0 Å². The maximum Gasteiger partial charge on any atom is 0.0618 e. The summed E-state index contributed by atoms with van der Waals surface area (Å²) in [5, 5.41) is 0. The first kappa shape index (κ1) is 13.0. The Kier molecular flexibility index (Phi) is 4.41. The van der Waals surface area contributed by atoms with Crippen molar-refractivity contribution in [1.29, 1.82) is 0 Å². The number of nitrogens with zero attached hydrogens (tertiary/aromatic N) is 3. The summed E-state index contributed by atoms with van der Waals surface area (Å²) >= 11 is 0. The van der Waals surface area contributed by atoms with Crippen molar-refractivity contribution < 1.29 is 4.74 Å². The first-order valence-electron chi connectivity index (χ1n) is 7.48. The van der Waals surface area contributed by atoms with Gasteiger partial charge in [-0.15, -0.1) is 0 Å². The SMILES string of the molecule is c1cnc(C2CCN(CC3CCOCC3)CC2)cn1. The number of rotatable bonds is 3. The quantitative estimate of drug-likeness (QED) is 0.835. The Bertz CT molecular complexity index is 370. The van der Waals surface area contributed by atoms with E-state index in [4.69, 9.17) is 4.74 Å². The van der Waals surface area contributed by atoms with Crippen LogP contribution in [0.2, 0.25) is 0 Å². The van der Waals surface area contributed by atoms with E-state index < -0.39 is 0 Å². The predicted octanol–water partition coefficient (Wildman–Crippen LogP) is 2.08. The normalized spacial score (nSPS) is 23.6. The fraction of sp³-hybridized carbons (Fsp3) is 0.733. The molecule has 0 N–H and O–H groups in total. The lowest BCUT2D eigenvalue weighted by Crippen LogP contribution is -2.38. The Balaban J connectivity index is 1.46. The number of hydrogen-bond acceptors (Lipinski definition) is 4. The van der Waals surface area contributed by atoms with Gasteiger partial charge in [-0.05, 0) is 44.7 Å². The third kappa shape index (κ3) is 3.51. The largest absolute Gasteiger partial charge is 0.381 e. The topological polar surface area (TPSA) is 38.2 Å². The average Bonchev–Trinajstić information content (AvgIpc) is 2.50. The summed E-state index contributed by atoms with van der Waals surface area (Å²) in [6.07, 6.45) is 10.4. The number of hydrogen-bond donors (Lipinski definition) is 0. The van der Waals surface area contributed by atoms with Crippen molar-refractivity contribution in [3.63, 3.8) is 0 Å². The van der Waals surface area contributed by atoms with E-state index in [0.29, 0.717) is 5.92 Å². The fourth-order valence-electron chi connectivity index (χ4n) is 3.23. The Morgan fingerprint density at radius 2 is 1.89 bits per heavy atom. The molecule has 104 valence electrons. The van der Waals surface area contributed by atoms with Crippen LogP contribution in [0.5, 0.6) is 0 Å². The molecular formula is C15H23N3O. The van der Waals surface area contributed by atoms with Gasteiger partial charge < -0.3 is 9.64 Å². The Labute approximate surface area is 115 Å². The van der Waals surface area contributed by atoms with E-state index in [1.54, 1.807) is 6.20 Å². The van der Waals surface area contributed by atoms with Crippen LogP contribution < -0.4 is 0 Å². The zero-order chi connectivity index (χ0) is 12.9. The molecule has 0 saturated carbocycles. The van der Waals surface area contributed by atoms with Crippen molar-refractivity contribution in [2.75, 3.05) is 32.8 Å². The predicted molar refractivity (Wildman–Crippen MR) is 74.0 cm³/mol. The molecule has 0 radical (unpaired) electrons. The first-order chi connectivity index (χ1) is 9.42. The van der Waals surface area contributed by atoms with Gasteiger partial charge in [0.05, 0.1) is 5.69 Å². The third-order valence-electron chi connectivity index (χ3n) is 4.45. The van der Waals surface area contributed by atoms with Gasteiger partial charge in [0.2, 0.25) is 0 Å². The molecule has 2 fully saturated rings. The number of aromatic nitrogens is 2. The molecule has 0 unspecified atom stereocenters. The molecule has 3 heterocycles. The number of likely N-dealkylation sites (tertiary alicyclic amines) is 1.